The van der Waals surface area contributed by atoms with Crippen LogP contribution in [-0.4, -0.2) is 39.1 Å². The van der Waals surface area contributed by atoms with Crippen LogP contribution in [0, 0.1) is 11.6 Å². The second kappa shape index (κ2) is 6.43. The first-order valence-electron chi connectivity index (χ1n) is 6.58. The largest absolute Gasteiger partial charge is 0.480 e. The van der Waals surface area contributed by atoms with Crippen LogP contribution in [0.3, 0.4) is 0 Å². The van der Waals surface area contributed by atoms with Gasteiger partial charge in [0.25, 0.3) is 5.91 Å². The SMILES string of the molecule is CCCC1SCC(C(=O)O)N1C(=O)c1cccc(F)c1F. The molecular formula is C14H15F2NO3S. The first-order valence-corrected chi connectivity index (χ1v) is 7.63. The van der Waals surface area contributed by atoms with Crippen LogP contribution < -0.4 is 0 Å². The maximum Gasteiger partial charge on any atom is 0.327 e. The fraction of sp³-hybridized carbons (Fsp3) is 0.429. The Kier molecular flexibility index (Phi) is 4.82. The third-order valence-corrected chi connectivity index (χ3v) is 4.69. The topological polar surface area (TPSA) is 57.6 Å². The van der Waals surface area contributed by atoms with Crippen LogP contribution in [0.2, 0.25) is 0 Å². The molecule has 1 heterocycles. The average molecular weight is 315 g/mol. The van der Waals surface area contributed by atoms with E-state index in [1.54, 1.807) is 0 Å². The molecule has 1 aromatic carbocycles. The Bertz CT molecular complexity index is 567. The Morgan fingerprint density at radius 2 is 2.14 bits per heavy atom. The monoisotopic (exact) mass is 315 g/mol. The highest BCUT2D eigenvalue weighted by Gasteiger charge is 2.42. The highest BCUT2D eigenvalue weighted by molar-refractivity contribution is 8.00. The zero-order chi connectivity index (χ0) is 15.6. The summed E-state index contributed by atoms with van der Waals surface area (Å²) in [6.45, 7) is 1.92. The summed E-state index contributed by atoms with van der Waals surface area (Å²) in [7, 11) is 0. The summed E-state index contributed by atoms with van der Waals surface area (Å²) in [5.74, 6) is -4.01. The van der Waals surface area contributed by atoms with Crippen molar-refractivity contribution in [2.45, 2.75) is 31.2 Å². The van der Waals surface area contributed by atoms with E-state index in [0.29, 0.717) is 6.42 Å². The lowest BCUT2D eigenvalue weighted by Crippen LogP contribution is -2.45. The minimum Gasteiger partial charge on any atom is -0.480 e. The number of benzene rings is 1. The molecular weight excluding hydrogens is 300 g/mol. The number of thioether (sulfide) groups is 1. The number of amides is 1. The highest BCUT2D eigenvalue weighted by Crippen LogP contribution is 2.34. The lowest BCUT2D eigenvalue weighted by molar-refractivity contribution is -0.141. The van der Waals surface area contributed by atoms with E-state index >= 15 is 0 Å². The van der Waals surface area contributed by atoms with Gasteiger partial charge in [0.2, 0.25) is 0 Å². The average Bonchev–Trinajstić information content (AvgIpc) is 2.85. The Hall–Kier alpha value is -1.63. The summed E-state index contributed by atoms with van der Waals surface area (Å²) in [4.78, 5) is 24.9. The third kappa shape index (κ3) is 3.02. The number of carboxylic acids is 1. The molecule has 0 spiro atoms. The molecule has 1 N–H and O–H groups in total. The fourth-order valence-electron chi connectivity index (χ4n) is 2.30. The van der Waals surface area contributed by atoms with Crippen molar-refractivity contribution in [3.8, 4) is 0 Å². The van der Waals surface area contributed by atoms with Gasteiger partial charge in [-0.3, -0.25) is 4.79 Å². The zero-order valence-electron chi connectivity index (χ0n) is 11.4. The molecule has 0 aromatic heterocycles. The number of nitrogens with zero attached hydrogens (tertiary/aromatic N) is 1. The van der Waals surface area contributed by atoms with E-state index in [4.69, 9.17) is 0 Å². The van der Waals surface area contributed by atoms with Crippen molar-refractivity contribution >= 4 is 23.6 Å². The van der Waals surface area contributed by atoms with Crippen LogP contribution in [-0.2, 0) is 4.79 Å². The van der Waals surface area contributed by atoms with E-state index in [0.717, 1.165) is 17.4 Å². The van der Waals surface area contributed by atoms with Gasteiger partial charge in [-0.2, -0.15) is 0 Å². The third-order valence-electron chi connectivity index (χ3n) is 3.33. The van der Waals surface area contributed by atoms with Crippen LogP contribution in [0.15, 0.2) is 18.2 Å². The van der Waals surface area contributed by atoms with Gasteiger partial charge in [0.05, 0.1) is 10.9 Å². The fourth-order valence-corrected chi connectivity index (χ4v) is 3.82. The van der Waals surface area contributed by atoms with E-state index in [1.807, 2.05) is 6.92 Å². The first-order chi connectivity index (χ1) is 9.97. The molecule has 1 aliphatic rings. The number of carboxylic acid groups (broad SMARTS) is 1. The molecule has 1 aliphatic heterocycles. The van der Waals surface area contributed by atoms with E-state index < -0.39 is 35.1 Å². The van der Waals surface area contributed by atoms with Crippen LogP contribution in [0.5, 0.6) is 0 Å². The molecule has 0 saturated carbocycles. The zero-order valence-corrected chi connectivity index (χ0v) is 12.2. The first kappa shape index (κ1) is 15.8. The van der Waals surface area contributed by atoms with Gasteiger partial charge in [-0.25, -0.2) is 13.6 Å². The summed E-state index contributed by atoms with van der Waals surface area (Å²) >= 11 is 1.35. The summed E-state index contributed by atoms with van der Waals surface area (Å²) in [5, 5.41) is 8.89. The standard InChI is InChI=1S/C14H15F2NO3S/c1-2-4-11-17(10(7-21-11)14(19)20)13(18)8-5-3-6-9(15)12(8)16/h3,5-6,10-11H,2,4,7H2,1H3,(H,19,20). The number of halogens is 2. The van der Waals surface area contributed by atoms with Crippen LogP contribution in [0.25, 0.3) is 0 Å². The highest BCUT2D eigenvalue weighted by atomic mass is 32.2. The normalized spacial score (nSPS) is 21.6. The van der Waals surface area contributed by atoms with Gasteiger partial charge < -0.3 is 10.0 Å². The van der Waals surface area contributed by atoms with Crippen molar-refractivity contribution in [3.63, 3.8) is 0 Å². The molecule has 2 unspecified atom stereocenters. The molecule has 0 bridgehead atoms. The maximum atomic E-state index is 13.8. The lowest BCUT2D eigenvalue weighted by Gasteiger charge is -2.27. The minimum atomic E-state index is -1.24. The van der Waals surface area contributed by atoms with Crippen molar-refractivity contribution in [1.82, 2.24) is 4.90 Å². The molecule has 1 fully saturated rings. The number of carbonyl (C=O) groups is 2. The smallest absolute Gasteiger partial charge is 0.327 e. The van der Waals surface area contributed by atoms with Gasteiger partial charge >= 0.3 is 5.97 Å². The number of carbonyl (C=O) groups excluding carboxylic acids is 1. The maximum absolute atomic E-state index is 13.8. The molecule has 0 radical (unpaired) electrons. The predicted octanol–water partition coefficient (Wildman–Crippen LogP) is 2.73. The number of rotatable bonds is 4. The van der Waals surface area contributed by atoms with E-state index in [-0.39, 0.29) is 11.1 Å². The lowest BCUT2D eigenvalue weighted by atomic mass is 10.1. The van der Waals surface area contributed by atoms with Crippen LogP contribution >= 0.6 is 11.8 Å². The molecule has 1 saturated heterocycles. The minimum absolute atomic E-state index is 0.253. The molecule has 21 heavy (non-hydrogen) atoms. The van der Waals surface area contributed by atoms with Crippen molar-refractivity contribution in [2.24, 2.45) is 0 Å². The van der Waals surface area contributed by atoms with E-state index in [1.165, 1.54) is 23.9 Å². The summed E-state index contributed by atoms with van der Waals surface area (Å²) in [6.07, 6.45) is 1.37. The van der Waals surface area contributed by atoms with Crippen molar-refractivity contribution in [2.75, 3.05) is 5.75 Å². The summed E-state index contributed by atoms with van der Waals surface area (Å²) in [5.41, 5.74) is -0.426. The van der Waals surface area contributed by atoms with E-state index in [9.17, 15) is 23.5 Å². The van der Waals surface area contributed by atoms with Crippen LogP contribution in [0.4, 0.5) is 8.78 Å². The van der Waals surface area contributed by atoms with Gasteiger partial charge in [0.1, 0.15) is 6.04 Å². The van der Waals surface area contributed by atoms with Crippen molar-refractivity contribution in [3.05, 3.63) is 35.4 Å². The Labute approximate surface area is 125 Å². The molecule has 2 rings (SSSR count). The summed E-state index contributed by atoms with van der Waals surface area (Å²) < 4.78 is 27.0. The number of hydrogen-bond acceptors (Lipinski definition) is 3. The second-order valence-electron chi connectivity index (χ2n) is 4.74. The predicted molar refractivity (Wildman–Crippen MR) is 75.1 cm³/mol. The number of hydrogen-bond donors (Lipinski definition) is 1. The Morgan fingerprint density at radius 1 is 1.43 bits per heavy atom. The Balaban J connectivity index is 2.37. The van der Waals surface area contributed by atoms with Crippen molar-refractivity contribution in [1.29, 1.82) is 0 Å². The van der Waals surface area contributed by atoms with E-state index in [2.05, 4.69) is 0 Å². The molecule has 2 atom stereocenters. The molecule has 1 amide bonds. The van der Waals surface area contributed by atoms with Gasteiger partial charge in [0, 0.05) is 5.75 Å². The van der Waals surface area contributed by atoms with Gasteiger partial charge in [-0.1, -0.05) is 19.4 Å². The quantitative estimate of drug-likeness (QED) is 0.928. The Morgan fingerprint density at radius 3 is 2.76 bits per heavy atom. The van der Waals surface area contributed by atoms with Gasteiger partial charge in [-0.15, -0.1) is 11.8 Å². The molecule has 4 nitrogen and oxygen atoms in total. The summed E-state index contributed by atoms with van der Waals surface area (Å²) in [6, 6.07) is 2.32. The molecule has 114 valence electrons. The van der Waals surface area contributed by atoms with Crippen LogP contribution in [0.1, 0.15) is 30.1 Å². The number of aliphatic carboxylic acids is 1. The molecule has 7 heteroatoms. The van der Waals surface area contributed by atoms with Gasteiger partial charge in [0.15, 0.2) is 11.6 Å². The van der Waals surface area contributed by atoms with Crippen molar-refractivity contribution < 1.29 is 23.5 Å². The molecule has 0 aliphatic carbocycles. The van der Waals surface area contributed by atoms with Gasteiger partial charge in [-0.05, 0) is 18.6 Å². The second-order valence-corrected chi connectivity index (χ2v) is 5.96. The molecule has 1 aromatic rings.